The predicted octanol–water partition coefficient (Wildman–Crippen LogP) is 6.23. The molecule has 0 aromatic heterocycles. The lowest BCUT2D eigenvalue weighted by molar-refractivity contribution is -0.174. The van der Waals surface area contributed by atoms with E-state index < -0.39 is 0 Å². The number of nitrogens with one attached hydrogen (secondary N) is 1. The number of rotatable bonds is 6. The van der Waals surface area contributed by atoms with Crippen LogP contribution in [0.15, 0.2) is 24.3 Å². The van der Waals surface area contributed by atoms with Gasteiger partial charge in [-0.2, -0.15) is 0 Å². The third-order valence-corrected chi connectivity index (χ3v) is 11.8. The molecule has 0 heterocycles. The molecule has 10 atom stereocenters. The highest BCUT2D eigenvalue weighted by Gasteiger charge is 2.62. The number of carbonyl (C=O) groups is 2. The first-order valence-corrected chi connectivity index (χ1v) is 14.8. The summed E-state index contributed by atoms with van der Waals surface area (Å²) in [6, 6.07) is 7.11. The van der Waals surface area contributed by atoms with Crippen LogP contribution in [0.5, 0.6) is 0 Å². The van der Waals surface area contributed by atoms with E-state index in [1.807, 2.05) is 0 Å². The maximum Gasteiger partial charge on any atom is 0.224 e. The zero-order chi connectivity index (χ0) is 26.5. The number of ketones is 1. The van der Waals surface area contributed by atoms with Crippen molar-refractivity contribution in [2.75, 3.05) is 5.32 Å². The molecule has 5 rings (SSSR count). The van der Waals surface area contributed by atoms with Crippen molar-refractivity contribution >= 4 is 17.4 Å². The van der Waals surface area contributed by atoms with E-state index in [1.54, 1.807) is 31.2 Å². The molecule has 4 aliphatic carbocycles. The highest BCUT2D eigenvalue weighted by atomic mass is 16.3. The van der Waals surface area contributed by atoms with Gasteiger partial charge in [0, 0.05) is 17.7 Å². The Labute approximate surface area is 222 Å². The fourth-order valence-electron chi connectivity index (χ4n) is 9.75. The van der Waals surface area contributed by atoms with Gasteiger partial charge in [0.2, 0.25) is 5.91 Å². The molecule has 0 radical (unpaired) electrons. The molecule has 1 aromatic carbocycles. The van der Waals surface area contributed by atoms with E-state index in [0.29, 0.717) is 47.5 Å². The zero-order valence-electron chi connectivity index (χ0n) is 23.2. The number of hydrogen-bond acceptors (Lipinski definition) is 4. The molecule has 1 aromatic rings. The van der Waals surface area contributed by atoms with Gasteiger partial charge in [-0.3, -0.25) is 9.59 Å². The fraction of sp³-hybridized carbons (Fsp3) is 0.750. The van der Waals surface area contributed by atoms with Crippen LogP contribution in [0.2, 0.25) is 0 Å². The summed E-state index contributed by atoms with van der Waals surface area (Å²) in [4.78, 5) is 24.2. The standard InChI is InChI=1S/C32H47NO4/c1-19(5-12-29(37)33-23-8-6-21(7-9-23)20(2)34)25-10-11-26-30-27(14-16-32(25,26)4)31(3)15-13-24(35)17-22(31)18-28(30)36/h6-9,19,22,24-28,30,35-36H,5,10-18H2,1-4H3,(H,33,37)/t19-,22-,24-,25+,26-,27-,28+,30+,31+,32-/m1/s1. The average molecular weight is 510 g/mol. The molecular weight excluding hydrogens is 462 g/mol. The van der Waals surface area contributed by atoms with Gasteiger partial charge in [0.1, 0.15) is 0 Å². The smallest absolute Gasteiger partial charge is 0.224 e. The lowest BCUT2D eigenvalue weighted by Crippen LogP contribution is -2.58. The van der Waals surface area contributed by atoms with Crippen molar-refractivity contribution in [2.45, 2.75) is 104 Å². The Morgan fingerprint density at radius 2 is 1.65 bits per heavy atom. The number of aliphatic hydroxyl groups is 2. The first kappa shape index (κ1) is 26.9. The van der Waals surface area contributed by atoms with E-state index in [2.05, 4.69) is 26.1 Å². The first-order chi connectivity index (χ1) is 17.5. The van der Waals surface area contributed by atoms with Crippen LogP contribution in [0.4, 0.5) is 5.69 Å². The number of benzene rings is 1. The zero-order valence-corrected chi connectivity index (χ0v) is 23.2. The van der Waals surface area contributed by atoms with Gasteiger partial charge in [0.25, 0.3) is 0 Å². The number of carbonyl (C=O) groups excluding carboxylic acids is 2. The van der Waals surface area contributed by atoms with Crippen molar-refractivity contribution in [3.63, 3.8) is 0 Å². The highest BCUT2D eigenvalue weighted by molar-refractivity contribution is 5.95. The Kier molecular flexibility index (Phi) is 7.34. The van der Waals surface area contributed by atoms with Gasteiger partial charge in [-0.1, -0.05) is 20.8 Å². The van der Waals surface area contributed by atoms with Crippen molar-refractivity contribution in [3.8, 4) is 0 Å². The van der Waals surface area contributed by atoms with Crippen molar-refractivity contribution in [1.29, 1.82) is 0 Å². The second-order valence-electron chi connectivity index (χ2n) is 13.7. The third kappa shape index (κ3) is 4.80. The van der Waals surface area contributed by atoms with E-state index in [-0.39, 0.29) is 34.7 Å². The normalized spacial score (nSPS) is 41.7. The number of hydrogen-bond donors (Lipinski definition) is 3. The van der Waals surface area contributed by atoms with Crippen molar-refractivity contribution < 1.29 is 19.8 Å². The quantitative estimate of drug-likeness (QED) is 0.397. The van der Waals surface area contributed by atoms with Crippen LogP contribution in [-0.2, 0) is 4.79 Å². The highest BCUT2D eigenvalue weighted by Crippen LogP contribution is 2.68. The van der Waals surface area contributed by atoms with E-state index in [1.165, 1.54) is 25.7 Å². The molecule has 3 N–H and O–H groups in total. The van der Waals surface area contributed by atoms with E-state index >= 15 is 0 Å². The van der Waals surface area contributed by atoms with Gasteiger partial charge < -0.3 is 15.5 Å². The molecule has 4 fully saturated rings. The number of Topliss-reactive ketones (excluding diaryl/α,β-unsaturated/α-hetero) is 1. The van der Waals surface area contributed by atoms with Crippen LogP contribution in [0.3, 0.4) is 0 Å². The summed E-state index contributed by atoms with van der Waals surface area (Å²) in [7, 11) is 0. The summed E-state index contributed by atoms with van der Waals surface area (Å²) in [6.45, 7) is 8.83. The Balaban J connectivity index is 1.21. The number of amides is 1. The molecule has 4 saturated carbocycles. The molecule has 0 spiro atoms. The van der Waals surface area contributed by atoms with Crippen LogP contribution >= 0.6 is 0 Å². The Bertz CT molecular complexity index is 1010. The molecule has 37 heavy (non-hydrogen) atoms. The lowest BCUT2D eigenvalue weighted by atomic mass is 9.43. The van der Waals surface area contributed by atoms with Gasteiger partial charge in [0.05, 0.1) is 12.2 Å². The Morgan fingerprint density at radius 3 is 2.35 bits per heavy atom. The molecule has 0 unspecified atom stereocenters. The molecule has 204 valence electrons. The van der Waals surface area contributed by atoms with E-state index in [9.17, 15) is 19.8 Å². The van der Waals surface area contributed by atoms with Gasteiger partial charge in [-0.25, -0.2) is 0 Å². The van der Waals surface area contributed by atoms with Crippen LogP contribution in [0, 0.1) is 46.3 Å². The van der Waals surface area contributed by atoms with Gasteiger partial charge >= 0.3 is 0 Å². The van der Waals surface area contributed by atoms with Crippen molar-refractivity contribution in [2.24, 2.45) is 46.3 Å². The second kappa shape index (κ2) is 10.1. The number of anilines is 1. The van der Waals surface area contributed by atoms with Crippen molar-refractivity contribution in [3.05, 3.63) is 29.8 Å². The molecule has 0 bridgehead atoms. The fourth-order valence-corrected chi connectivity index (χ4v) is 9.75. The maximum absolute atomic E-state index is 12.7. The van der Waals surface area contributed by atoms with Crippen LogP contribution in [-0.4, -0.2) is 34.1 Å². The predicted molar refractivity (Wildman–Crippen MR) is 146 cm³/mol. The first-order valence-electron chi connectivity index (χ1n) is 14.8. The summed E-state index contributed by atoms with van der Waals surface area (Å²) in [5.74, 6) is 3.08. The lowest BCUT2D eigenvalue weighted by Gasteiger charge is -2.62. The topological polar surface area (TPSA) is 86.6 Å². The van der Waals surface area contributed by atoms with Crippen LogP contribution < -0.4 is 5.32 Å². The largest absolute Gasteiger partial charge is 0.393 e. The maximum atomic E-state index is 12.7. The summed E-state index contributed by atoms with van der Waals surface area (Å²) >= 11 is 0. The summed E-state index contributed by atoms with van der Waals surface area (Å²) in [5, 5.41) is 24.7. The van der Waals surface area contributed by atoms with Gasteiger partial charge in [-0.15, -0.1) is 0 Å². The molecule has 5 heteroatoms. The molecule has 4 aliphatic rings. The molecule has 1 amide bonds. The van der Waals surface area contributed by atoms with Gasteiger partial charge in [-0.05, 0) is 135 Å². The Hall–Kier alpha value is -1.72. The summed E-state index contributed by atoms with van der Waals surface area (Å²) in [5.41, 5.74) is 1.88. The monoisotopic (exact) mass is 509 g/mol. The van der Waals surface area contributed by atoms with E-state index in [4.69, 9.17) is 0 Å². The average Bonchev–Trinajstić information content (AvgIpc) is 3.21. The minimum atomic E-state index is -0.243. The van der Waals surface area contributed by atoms with E-state index in [0.717, 1.165) is 37.8 Å². The number of aliphatic hydroxyl groups excluding tert-OH is 2. The molecular formula is C32H47NO4. The Morgan fingerprint density at radius 1 is 0.973 bits per heavy atom. The molecule has 0 saturated heterocycles. The minimum absolute atomic E-state index is 0.0244. The van der Waals surface area contributed by atoms with Crippen LogP contribution in [0.25, 0.3) is 0 Å². The van der Waals surface area contributed by atoms with Gasteiger partial charge in [0.15, 0.2) is 5.78 Å². The molecule has 0 aliphatic heterocycles. The van der Waals surface area contributed by atoms with Crippen molar-refractivity contribution in [1.82, 2.24) is 0 Å². The minimum Gasteiger partial charge on any atom is -0.393 e. The number of fused-ring (bicyclic) bond motifs is 5. The SMILES string of the molecule is CC(=O)c1ccc(NC(=O)CC[C@@H](C)[C@@H]2CC[C@@H]3[C@H]4[C@@H](CC[C@@]32C)[C@@]2(C)CC[C@@H](O)C[C@@H]2C[C@@H]4O)cc1. The molecule has 5 nitrogen and oxygen atoms in total. The summed E-state index contributed by atoms with van der Waals surface area (Å²) in [6.07, 6.45) is 9.49. The third-order valence-electron chi connectivity index (χ3n) is 11.8. The van der Waals surface area contributed by atoms with Crippen LogP contribution in [0.1, 0.15) is 102 Å². The summed E-state index contributed by atoms with van der Waals surface area (Å²) < 4.78 is 0. The second-order valence-corrected chi connectivity index (χ2v) is 13.7.